The number of anilines is 1. The molecule has 0 saturated carbocycles. The average Bonchev–Trinajstić information content (AvgIpc) is 2.57. The second kappa shape index (κ2) is 5.47. The number of fused-ring (bicyclic) bond motifs is 1. The number of carbonyl (C=O) groups excluding carboxylic acids is 1. The van der Waals surface area contributed by atoms with Crippen molar-refractivity contribution in [3.05, 3.63) is 62.3 Å². The van der Waals surface area contributed by atoms with E-state index in [4.69, 9.17) is 12.2 Å². The van der Waals surface area contributed by atoms with E-state index in [0.29, 0.717) is 5.56 Å². The summed E-state index contributed by atoms with van der Waals surface area (Å²) >= 11 is 5.11. The second-order valence-electron chi connectivity index (χ2n) is 5.23. The molecule has 1 aliphatic rings. The Bertz CT molecular complexity index is 930. The Kier molecular flexibility index (Phi) is 3.61. The molecule has 1 atom stereocenters. The number of hydrogen-bond acceptors (Lipinski definition) is 4. The zero-order chi connectivity index (χ0) is 16.7. The number of carbonyl (C=O) groups is 1. The molecule has 2 N–H and O–H groups in total. The molecule has 0 aliphatic carbocycles. The number of nitrogens with one attached hydrogen (secondary N) is 2. The highest BCUT2D eigenvalue weighted by molar-refractivity contribution is 7.80. The first kappa shape index (κ1) is 15.2. The molecule has 0 saturated heterocycles. The highest BCUT2D eigenvalue weighted by Crippen LogP contribution is 2.25. The van der Waals surface area contributed by atoms with Crippen LogP contribution >= 0.6 is 12.2 Å². The molecule has 23 heavy (non-hydrogen) atoms. The first-order valence-electron chi connectivity index (χ1n) is 6.88. The number of rotatable bonds is 2. The number of benzene rings is 1. The minimum absolute atomic E-state index is 0.178. The molecule has 8 heteroatoms. The Morgan fingerprint density at radius 2 is 1.78 bits per heavy atom. The fraction of sp³-hybridized carbons (Fsp3) is 0.200. The summed E-state index contributed by atoms with van der Waals surface area (Å²) in [5.41, 5.74) is -0.384. The van der Waals surface area contributed by atoms with E-state index in [9.17, 15) is 14.4 Å². The summed E-state index contributed by atoms with van der Waals surface area (Å²) in [6, 6.07) is 7.68. The first-order valence-corrected chi connectivity index (χ1v) is 7.29. The van der Waals surface area contributed by atoms with E-state index < -0.39 is 17.3 Å². The molecule has 0 amide bonds. The molecule has 3 rings (SSSR count). The average molecular weight is 330 g/mol. The predicted molar refractivity (Wildman–Crippen MR) is 89.8 cm³/mol. The van der Waals surface area contributed by atoms with Crippen LogP contribution in [0, 0.1) is 0 Å². The van der Waals surface area contributed by atoms with Gasteiger partial charge in [0.2, 0.25) is 0 Å². The van der Waals surface area contributed by atoms with Crippen molar-refractivity contribution in [2.24, 2.45) is 14.1 Å². The molecular formula is C15H14N4O3S. The lowest BCUT2D eigenvalue weighted by Gasteiger charge is -2.29. The van der Waals surface area contributed by atoms with Gasteiger partial charge in [-0.3, -0.25) is 18.7 Å². The molecule has 1 unspecified atom stereocenters. The molecule has 1 aliphatic heterocycles. The highest BCUT2D eigenvalue weighted by atomic mass is 32.1. The van der Waals surface area contributed by atoms with Gasteiger partial charge < -0.3 is 10.6 Å². The Labute approximate surface area is 136 Å². The molecule has 1 aromatic carbocycles. The van der Waals surface area contributed by atoms with E-state index in [2.05, 4.69) is 10.6 Å². The van der Waals surface area contributed by atoms with Crippen molar-refractivity contribution < 1.29 is 4.79 Å². The topological polar surface area (TPSA) is 85.1 Å². The number of Topliss-reactive ketones (excluding diaryl/α,β-unsaturated/α-hetero) is 1. The number of hydrogen-bond donors (Lipinski definition) is 2. The van der Waals surface area contributed by atoms with Gasteiger partial charge in [-0.25, -0.2) is 4.79 Å². The van der Waals surface area contributed by atoms with E-state index in [1.165, 1.54) is 18.7 Å². The largest absolute Gasteiger partial charge is 0.348 e. The van der Waals surface area contributed by atoms with Crippen LogP contribution in [0.3, 0.4) is 0 Å². The van der Waals surface area contributed by atoms with Crippen LogP contribution in [0.2, 0.25) is 0 Å². The van der Waals surface area contributed by atoms with Crippen molar-refractivity contribution in [3.63, 3.8) is 0 Å². The van der Waals surface area contributed by atoms with Gasteiger partial charge in [0.05, 0.1) is 5.56 Å². The maximum Gasteiger partial charge on any atom is 0.332 e. The third-order valence-electron chi connectivity index (χ3n) is 3.82. The highest BCUT2D eigenvalue weighted by Gasteiger charge is 2.34. The molecule has 0 spiro atoms. The van der Waals surface area contributed by atoms with E-state index in [1.54, 1.807) is 30.3 Å². The maximum atomic E-state index is 12.8. The van der Waals surface area contributed by atoms with Gasteiger partial charge >= 0.3 is 5.69 Å². The minimum atomic E-state index is -0.938. The molecule has 0 bridgehead atoms. The monoisotopic (exact) mass is 330 g/mol. The van der Waals surface area contributed by atoms with Gasteiger partial charge in [0, 0.05) is 19.7 Å². The van der Waals surface area contributed by atoms with Crippen molar-refractivity contribution in [2.45, 2.75) is 6.04 Å². The smallest absolute Gasteiger partial charge is 0.332 e. The Morgan fingerprint density at radius 3 is 2.43 bits per heavy atom. The summed E-state index contributed by atoms with van der Waals surface area (Å²) in [5, 5.41) is 5.81. The SMILES string of the molecule is Cn1c2c(c(=O)n(C)c1=O)C(C(=O)c1ccccc1)NC(=S)N2. The number of nitrogens with zero attached hydrogens (tertiary/aromatic N) is 2. The van der Waals surface area contributed by atoms with Gasteiger partial charge in [-0.15, -0.1) is 0 Å². The van der Waals surface area contributed by atoms with Gasteiger partial charge in [0.15, 0.2) is 10.9 Å². The second-order valence-corrected chi connectivity index (χ2v) is 5.64. The van der Waals surface area contributed by atoms with Gasteiger partial charge in [-0.1, -0.05) is 30.3 Å². The molecule has 118 valence electrons. The summed E-state index contributed by atoms with van der Waals surface area (Å²) in [6.45, 7) is 0. The molecular weight excluding hydrogens is 316 g/mol. The van der Waals surface area contributed by atoms with Crippen LogP contribution in [-0.4, -0.2) is 20.0 Å². The fourth-order valence-corrected chi connectivity index (χ4v) is 2.81. The van der Waals surface area contributed by atoms with Crippen molar-refractivity contribution in [2.75, 3.05) is 5.32 Å². The van der Waals surface area contributed by atoms with Crippen LogP contribution in [0.1, 0.15) is 22.0 Å². The van der Waals surface area contributed by atoms with Crippen LogP contribution in [-0.2, 0) is 14.1 Å². The van der Waals surface area contributed by atoms with Crippen LogP contribution in [0.5, 0.6) is 0 Å². The summed E-state index contributed by atoms with van der Waals surface area (Å²) < 4.78 is 2.25. The minimum Gasteiger partial charge on any atom is -0.348 e. The van der Waals surface area contributed by atoms with Crippen LogP contribution < -0.4 is 21.9 Å². The molecule has 2 heterocycles. The van der Waals surface area contributed by atoms with Crippen molar-refractivity contribution >= 4 is 28.9 Å². The molecule has 7 nitrogen and oxygen atoms in total. The van der Waals surface area contributed by atoms with Crippen molar-refractivity contribution in [1.82, 2.24) is 14.5 Å². The summed E-state index contributed by atoms with van der Waals surface area (Å²) in [6.07, 6.45) is 0. The molecule has 0 radical (unpaired) electrons. The summed E-state index contributed by atoms with van der Waals surface area (Å²) in [7, 11) is 2.90. The lowest BCUT2D eigenvalue weighted by molar-refractivity contribution is 0.0951. The van der Waals surface area contributed by atoms with E-state index in [-0.39, 0.29) is 22.3 Å². The number of thiocarbonyl (C=S) groups is 1. The zero-order valence-corrected chi connectivity index (χ0v) is 13.3. The predicted octanol–water partition coefficient (Wildman–Crippen LogP) is 0.308. The number of aromatic nitrogens is 2. The normalized spacial score (nSPS) is 16.3. The van der Waals surface area contributed by atoms with Gasteiger partial charge in [0.1, 0.15) is 11.9 Å². The van der Waals surface area contributed by atoms with Crippen molar-refractivity contribution in [3.8, 4) is 0 Å². The van der Waals surface area contributed by atoms with Crippen molar-refractivity contribution in [1.29, 1.82) is 0 Å². The maximum absolute atomic E-state index is 12.8. The molecule has 2 aromatic rings. The quantitative estimate of drug-likeness (QED) is 0.609. The molecule has 0 fully saturated rings. The Balaban J connectivity index is 2.24. The summed E-state index contributed by atoms with van der Waals surface area (Å²) in [5.74, 6) is -0.0393. The third kappa shape index (κ3) is 2.36. The van der Waals surface area contributed by atoms with Crippen LogP contribution in [0.4, 0.5) is 5.82 Å². The fourth-order valence-electron chi connectivity index (χ4n) is 2.59. The van der Waals surface area contributed by atoms with E-state index in [1.807, 2.05) is 0 Å². The van der Waals surface area contributed by atoms with Gasteiger partial charge in [-0.05, 0) is 12.2 Å². The van der Waals surface area contributed by atoms with Crippen LogP contribution in [0.25, 0.3) is 0 Å². The first-order chi connectivity index (χ1) is 10.9. The zero-order valence-electron chi connectivity index (χ0n) is 12.5. The Morgan fingerprint density at radius 1 is 1.13 bits per heavy atom. The van der Waals surface area contributed by atoms with Gasteiger partial charge in [-0.2, -0.15) is 0 Å². The van der Waals surface area contributed by atoms with E-state index >= 15 is 0 Å². The standard InChI is InChI=1S/C15H14N4O3S/c1-18-12-9(13(21)19(2)15(18)22)10(16-14(23)17-12)11(20)8-6-4-3-5-7-8/h3-7,10H,1-2H3,(H2,16,17,23). The van der Waals surface area contributed by atoms with E-state index in [0.717, 1.165) is 4.57 Å². The molecule has 1 aromatic heterocycles. The summed E-state index contributed by atoms with van der Waals surface area (Å²) in [4.78, 5) is 37.3. The Hall–Kier alpha value is -2.74. The lowest BCUT2D eigenvalue weighted by Crippen LogP contribution is -2.50. The lowest BCUT2D eigenvalue weighted by atomic mass is 9.97. The third-order valence-corrected chi connectivity index (χ3v) is 4.04. The number of ketones is 1. The van der Waals surface area contributed by atoms with Gasteiger partial charge in [0.25, 0.3) is 5.56 Å². The van der Waals surface area contributed by atoms with Crippen LogP contribution in [0.15, 0.2) is 39.9 Å².